The van der Waals surface area contributed by atoms with Crippen molar-refractivity contribution in [2.45, 2.75) is 45.1 Å². The molecule has 1 heterocycles. The Kier molecular flexibility index (Phi) is 4.17. The summed E-state index contributed by atoms with van der Waals surface area (Å²) < 4.78 is 19.0. The van der Waals surface area contributed by atoms with Crippen LogP contribution in [-0.2, 0) is 4.74 Å². The molecule has 1 aliphatic heterocycles. The minimum Gasteiger partial charge on any atom is -0.376 e. The molecule has 4 nitrogen and oxygen atoms in total. The predicted octanol–water partition coefficient (Wildman–Crippen LogP) is 2.84. The topological polar surface area (TPSA) is 58.0 Å². The van der Waals surface area contributed by atoms with E-state index in [1.54, 1.807) is 0 Å². The molecule has 80 valence electrons. The van der Waals surface area contributed by atoms with Crippen LogP contribution in [0, 0.1) is 5.92 Å². The number of alkyl halides is 1. The molecule has 0 aromatic heterocycles. The maximum absolute atomic E-state index is 13.5. The van der Waals surface area contributed by atoms with Gasteiger partial charge < -0.3 is 4.74 Å². The van der Waals surface area contributed by atoms with Crippen molar-refractivity contribution < 1.29 is 9.13 Å². The summed E-state index contributed by atoms with van der Waals surface area (Å²) in [7, 11) is 0. The van der Waals surface area contributed by atoms with Crippen molar-refractivity contribution in [3.63, 3.8) is 0 Å². The van der Waals surface area contributed by atoms with Crippen LogP contribution in [0.4, 0.5) is 4.39 Å². The van der Waals surface area contributed by atoms with E-state index in [1.165, 1.54) is 0 Å². The largest absolute Gasteiger partial charge is 0.376 e. The first-order valence-electron chi connectivity index (χ1n) is 4.94. The lowest BCUT2D eigenvalue weighted by atomic mass is 9.88. The Balaban J connectivity index is 2.45. The predicted molar refractivity (Wildman–Crippen MR) is 51.6 cm³/mol. The van der Waals surface area contributed by atoms with Crippen molar-refractivity contribution in [2.75, 3.05) is 6.54 Å². The molecule has 1 fully saturated rings. The minimum atomic E-state index is -1.03. The minimum absolute atomic E-state index is 0.0285. The Hall–Kier alpha value is -0.800. The van der Waals surface area contributed by atoms with Crippen LogP contribution < -0.4 is 0 Å². The van der Waals surface area contributed by atoms with Crippen molar-refractivity contribution in [3.8, 4) is 0 Å². The smallest absolute Gasteiger partial charge is 0.109 e. The summed E-state index contributed by atoms with van der Waals surface area (Å²) in [4.78, 5) is 2.56. The number of ether oxygens (including phenoxy) is 1. The van der Waals surface area contributed by atoms with Gasteiger partial charge in [0.1, 0.15) is 6.17 Å². The first-order valence-corrected chi connectivity index (χ1v) is 4.94. The van der Waals surface area contributed by atoms with Gasteiger partial charge in [0.15, 0.2) is 0 Å². The molecule has 0 saturated carbocycles. The summed E-state index contributed by atoms with van der Waals surface area (Å²) in [5.41, 5.74) is 8.08. The van der Waals surface area contributed by atoms with Gasteiger partial charge >= 0.3 is 0 Å². The van der Waals surface area contributed by atoms with E-state index in [1.807, 2.05) is 13.8 Å². The van der Waals surface area contributed by atoms with Crippen LogP contribution >= 0.6 is 0 Å². The van der Waals surface area contributed by atoms with Crippen molar-refractivity contribution in [3.05, 3.63) is 10.4 Å². The van der Waals surface area contributed by atoms with Gasteiger partial charge in [-0.2, -0.15) is 0 Å². The fourth-order valence-electron chi connectivity index (χ4n) is 2.02. The maximum atomic E-state index is 13.5. The van der Waals surface area contributed by atoms with Crippen LogP contribution in [0.25, 0.3) is 10.4 Å². The highest BCUT2D eigenvalue weighted by Crippen LogP contribution is 2.28. The first kappa shape index (κ1) is 11.3. The zero-order valence-corrected chi connectivity index (χ0v) is 8.56. The van der Waals surface area contributed by atoms with Crippen molar-refractivity contribution in [2.24, 2.45) is 11.0 Å². The molecule has 14 heavy (non-hydrogen) atoms. The van der Waals surface area contributed by atoms with Crippen LogP contribution in [0.1, 0.15) is 26.7 Å². The molecule has 3 atom stereocenters. The lowest BCUT2D eigenvalue weighted by molar-refractivity contribution is -0.0658. The number of rotatable bonds is 3. The number of hydrogen-bond acceptors (Lipinski definition) is 2. The molecule has 0 radical (unpaired) electrons. The van der Waals surface area contributed by atoms with Gasteiger partial charge in [-0.15, -0.1) is 0 Å². The monoisotopic (exact) mass is 201 g/mol. The van der Waals surface area contributed by atoms with E-state index in [4.69, 9.17) is 10.3 Å². The van der Waals surface area contributed by atoms with Gasteiger partial charge in [0, 0.05) is 4.91 Å². The fraction of sp³-hybridized carbons (Fsp3) is 1.00. The van der Waals surface area contributed by atoms with Crippen LogP contribution in [0.3, 0.4) is 0 Å². The lowest BCUT2D eigenvalue weighted by Crippen LogP contribution is -2.34. The number of hydrogen-bond donors (Lipinski definition) is 0. The first-order chi connectivity index (χ1) is 6.63. The van der Waals surface area contributed by atoms with E-state index in [-0.39, 0.29) is 24.7 Å². The van der Waals surface area contributed by atoms with Gasteiger partial charge in [-0.1, -0.05) is 5.11 Å². The third-order valence-corrected chi connectivity index (χ3v) is 2.56. The molecule has 0 spiro atoms. The molecule has 1 aliphatic rings. The lowest BCUT2D eigenvalue weighted by Gasteiger charge is -2.33. The van der Waals surface area contributed by atoms with Crippen LogP contribution in [0.5, 0.6) is 0 Å². The molecular formula is C9H16FN3O. The molecular weight excluding hydrogens is 185 g/mol. The molecule has 3 unspecified atom stereocenters. The van der Waals surface area contributed by atoms with Gasteiger partial charge in [-0.05, 0) is 38.1 Å². The number of azide groups is 1. The van der Waals surface area contributed by atoms with Crippen LogP contribution in [0.2, 0.25) is 0 Å². The average molecular weight is 201 g/mol. The quantitative estimate of drug-likeness (QED) is 0.393. The van der Waals surface area contributed by atoms with Gasteiger partial charge in [0.25, 0.3) is 0 Å². The van der Waals surface area contributed by atoms with Crippen molar-refractivity contribution in [1.29, 1.82) is 0 Å². The Morgan fingerprint density at radius 3 is 2.57 bits per heavy atom. The SMILES string of the molecule is CC1CC(C(F)CN=[N+]=[N-])CC(C)O1. The molecule has 0 amide bonds. The van der Waals surface area contributed by atoms with Gasteiger partial charge in [0.2, 0.25) is 0 Å². The molecule has 0 aromatic carbocycles. The normalized spacial score (nSPS) is 34.6. The average Bonchev–Trinajstić information content (AvgIpc) is 2.12. The fourth-order valence-corrected chi connectivity index (χ4v) is 2.02. The zero-order chi connectivity index (χ0) is 10.6. The second-order valence-corrected chi connectivity index (χ2v) is 3.92. The molecule has 0 aromatic rings. The number of halogens is 1. The maximum Gasteiger partial charge on any atom is 0.109 e. The summed E-state index contributed by atoms with van der Waals surface area (Å²) in [5, 5.41) is 3.26. The Morgan fingerprint density at radius 1 is 1.50 bits per heavy atom. The Morgan fingerprint density at radius 2 is 2.07 bits per heavy atom. The third-order valence-electron chi connectivity index (χ3n) is 2.56. The van der Waals surface area contributed by atoms with Crippen LogP contribution in [-0.4, -0.2) is 24.9 Å². The standard InChI is InChI=1S/C9H16FN3O/c1-6-3-8(4-7(2)14-6)9(10)5-12-13-11/h6-9H,3-5H2,1-2H3. The molecule has 5 heteroatoms. The second-order valence-electron chi connectivity index (χ2n) is 3.92. The zero-order valence-electron chi connectivity index (χ0n) is 8.56. The highest BCUT2D eigenvalue weighted by molar-refractivity contribution is 4.80. The number of nitrogens with zero attached hydrogens (tertiary/aromatic N) is 3. The van der Waals surface area contributed by atoms with Crippen molar-refractivity contribution >= 4 is 0 Å². The van der Waals surface area contributed by atoms with E-state index in [2.05, 4.69) is 10.0 Å². The van der Waals surface area contributed by atoms with E-state index >= 15 is 0 Å². The third kappa shape index (κ3) is 3.16. The van der Waals surface area contributed by atoms with Gasteiger partial charge in [0.05, 0.1) is 18.8 Å². The van der Waals surface area contributed by atoms with E-state index in [9.17, 15) is 4.39 Å². The van der Waals surface area contributed by atoms with Gasteiger partial charge in [-0.3, -0.25) is 0 Å². The van der Waals surface area contributed by atoms with E-state index in [0.29, 0.717) is 12.8 Å². The van der Waals surface area contributed by atoms with E-state index in [0.717, 1.165) is 0 Å². The highest BCUT2D eigenvalue weighted by Gasteiger charge is 2.30. The van der Waals surface area contributed by atoms with Crippen LogP contribution in [0.15, 0.2) is 5.11 Å². The summed E-state index contributed by atoms with van der Waals surface area (Å²) in [6.45, 7) is 3.84. The van der Waals surface area contributed by atoms with Gasteiger partial charge in [-0.25, -0.2) is 4.39 Å². The molecule has 0 bridgehead atoms. The summed E-state index contributed by atoms with van der Waals surface area (Å²) in [6.07, 6.45) is 0.611. The summed E-state index contributed by atoms with van der Waals surface area (Å²) in [5.74, 6) is -0.0285. The molecule has 0 N–H and O–H groups in total. The second kappa shape index (κ2) is 5.17. The van der Waals surface area contributed by atoms with E-state index < -0.39 is 6.17 Å². The molecule has 1 rings (SSSR count). The highest BCUT2D eigenvalue weighted by atomic mass is 19.1. The molecule has 0 aliphatic carbocycles. The van der Waals surface area contributed by atoms with Crippen molar-refractivity contribution in [1.82, 2.24) is 0 Å². The Labute approximate surface area is 83.1 Å². The Bertz CT molecular complexity index is 220. The molecule has 1 saturated heterocycles. The summed E-state index contributed by atoms with van der Waals surface area (Å²) in [6, 6.07) is 0. The summed E-state index contributed by atoms with van der Waals surface area (Å²) >= 11 is 0.